The maximum Gasteiger partial charge on any atom is 0.169 e. The molecule has 4 heteroatoms. The fraction of sp³-hybridized carbons (Fsp3) is 0.333. The third-order valence-electron chi connectivity index (χ3n) is 2.26. The van der Waals surface area contributed by atoms with Crippen LogP contribution in [-0.4, -0.2) is 29.9 Å². The minimum Gasteiger partial charge on any atom is -0.496 e. The fourth-order valence-electron chi connectivity index (χ4n) is 1.30. The molecule has 1 aromatic rings. The Labute approximate surface area is 93.9 Å². The lowest BCUT2D eigenvalue weighted by molar-refractivity contribution is -0.124. The predicted molar refractivity (Wildman–Crippen MR) is 58.6 cm³/mol. The highest BCUT2D eigenvalue weighted by molar-refractivity contribution is 6.01. The summed E-state index contributed by atoms with van der Waals surface area (Å²) in [4.78, 5) is 22.6. The summed E-state index contributed by atoms with van der Waals surface area (Å²) in [5.41, 5.74) is 0.380. The van der Waals surface area contributed by atoms with Crippen LogP contribution in [-0.2, 0) is 4.79 Å². The van der Waals surface area contributed by atoms with Gasteiger partial charge in [0.25, 0.3) is 0 Å². The maximum absolute atomic E-state index is 11.7. The Morgan fingerprint density at radius 2 is 2.00 bits per heavy atom. The molecule has 0 saturated heterocycles. The first-order valence-electron chi connectivity index (χ1n) is 4.91. The van der Waals surface area contributed by atoms with Crippen LogP contribution in [0.3, 0.4) is 0 Å². The highest BCUT2D eigenvalue weighted by atomic mass is 16.5. The smallest absolute Gasteiger partial charge is 0.169 e. The van der Waals surface area contributed by atoms with Crippen LogP contribution in [0.4, 0.5) is 0 Å². The van der Waals surface area contributed by atoms with Crippen molar-refractivity contribution in [2.45, 2.75) is 19.4 Å². The van der Waals surface area contributed by atoms with Gasteiger partial charge in [0, 0.05) is 6.42 Å². The molecular weight excluding hydrogens is 208 g/mol. The second-order valence-electron chi connectivity index (χ2n) is 3.45. The first kappa shape index (κ1) is 12.4. The van der Waals surface area contributed by atoms with Crippen LogP contribution in [0.5, 0.6) is 5.75 Å². The Balaban J connectivity index is 2.84. The summed E-state index contributed by atoms with van der Waals surface area (Å²) < 4.78 is 5.02. The monoisotopic (exact) mass is 222 g/mol. The molecule has 0 aliphatic carbocycles. The fourth-order valence-corrected chi connectivity index (χ4v) is 1.30. The molecule has 1 N–H and O–H groups in total. The van der Waals surface area contributed by atoms with Gasteiger partial charge in [-0.1, -0.05) is 12.1 Å². The molecule has 4 nitrogen and oxygen atoms in total. The molecule has 0 aliphatic rings. The van der Waals surface area contributed by atoms with Crippen molar-refractivity contribution in [2.75, 3.05) is 7.11 Å². The van der Waals surface area contributed by atoms with Crippen molar-refractivity contribution in [1.29, 1.82) is 0 Å². The van der Waals surface area contributed by atoms with Gasteiger partial charge in [-0.25, -0.2) is 0 Å². The number of carbonyl (C=O) groups is 2. The zero-order valence-corrected chi connectivity index (χ0v) is 9.27. The van der Waals surface area contributed by atoms with Crippen molar-refractivity contribution in [2.24, 2.45) is 0 Å². The summed E-state index contributed by atoms with van der Waals surface area (Å²) in [6.45, 7) is 1.25. The third kappa shape index (κ3) is 2.90. The molecule has 0 unspecified atom stereocenters. The Bertz CT molecular complexity index is 398. The summed E-state index contributed by atoms with van der Waals surface area (Å²) in [6.07, 6.45) is -1.45. The molecule has 0 saturated carbocycles. The minimum absolute atomic E-state index is 0.213. The topological polar surface area (TPSA) is 63.6 Å². The van der Waals surface area contributed by atoms with Crippen molar-refractivity contribution in [3.63, 3.8) is 0 Å². The van der Waals surface area contributed by atoms with E-state index in [9.17, 15) is 14.7 Å². The number of ether oxygens (including phenoxy) is 1. The zero-order valence-electron chi connectivity index (χ0n) is 9.27. The minimum atomic E-state index is -1.24. The summed E-state index contributed by atoms with van der Waals surface area (Å²) in [5.74, 6) is -0.272. The van der Waals surface area contributed by atoms with Gasteiger partial charge in [0.15, 0.2) is 11.6 Å². The van der Waals surface area contributed by atoms with Crippen LogP contribution in [0.25, 0.3) is 0 Å². The molecule has 1 atom stereocenters. The first-order chi connectivity index (χ1) is 7.56. The number of ketones is 2. The molecular formula is C12H14O4. The van der Waals surface area contributed by atoms with Gasteiger partial charge in [0.2, 0.25) is 0 Å². The van der Waals surface area contributed by atoms with Gasteiger partial charge in [-0.3, -0.25) is 9.59 Å². The van der Waals surface area contributed by atoms with Crippen LogP contribution in [0.1, 0.15) is 23.7 Å². The number of Topliss-reactive ketones (excluding diaryl/α,β-unsaturated/α-hetero) is 2. The van der Waals surface area contributed by atoms with Crippen molar-refractivity contribution in [1.82, 2.24) is 0 Å². The molecule has 0 spiro atoms. The van der Waals surface area contributed by atoms with Crippen molar-refractivity contribution in [3.05, 3.63) is 29.8 Å². The molecule has 0 bridgehead atoms. The number of hydrogen-bond donors (Lipinski definition) is 1. The molecule has 0 amide bonds. The summed E-state index contributed by atoms with van der Waals surface area (Å²) >= 11 is 0. The van der Waals surface area contributed by atoms with Crippen LogP contribution in [0, 0.1) is 0 Å². The Morgan fingerprint density at radius 3 is 2.56 bits per heavy atom. The highest BCUT2D eigenvalue weighted by Crippen LogP contribution is 2.19. The van der Waals surface area contributed by atoms with Gasteiger partial charge in [-0.15, -0.1) is 0 Å². The van der Waals surface area contributed by atoms with Gasteiger partial charge < -0.3 is 9.84 Å². The summed E-state index contributed by atoms with van der Waals surface area (Å²) in [7, 11) is 1.47. The number of rotatable bonds is 5. The van der Waals surface area contributed by atoms with E-state index in [1.165, 1.54) is 14.0 Å². The average molecular weight is 222 g/mol. The number of aliphatic hydroxyl groups excluding tert-OH is 1. The Morgan fingerprint density at radius 1 is 1.38 bits per heavy atom. The summed E-state index contributed by atoms with van der Waals surface area (Å²) in [5, 5.41) is 9.31. The van der Waals surface area contributed by atoms with E-state index in [2.05, 4.69) is 0 Å². The normalized spacial score (nSPS) is 11.9. The Hall–Kier alpha value is -1.68. The molecule has 86 valence electrons. The lowest BCUT2D eigenvalue weighted by Gasteiger charge is -2.09. The Kier molecular flexibility index (Phi) is 4.19. The first-order valence-corrected chi connectivity index (χ1v) is 4.91. The van der Waals surface area contributed by atoms with E-state index in [-0.39, 0.29) is 12.2 Å². The molecule has 1 aromatic carbocycles. The standard InChI is InChI=1S/C12H14O4/c1-8(13)10(14)7-11(15)9-5-3-4-6-12(9)16-2/h3-6,10,14H,7H2,1-2H3/t10-/m1/s1. The van der Waals surface area contributed by atoms with Crippen LogP contribution >= 0.6 is 0 Å². The van der Waals surface area contributed by atoms with Crippen LogP contribution in [0.15, 0.2) is 24.3 Å². The average Bonchev–Trinajstić information content (AvgIpc) is 2.28. The number of carbonyl (C=O) groups excluding carboxylic acids is 2. The van der Waals surface area contributed by atoms with Gasteiger partial charge in [-0.2, -0.15) is 0 Å². The van der Waals surface area contributed by atoms with Crippen LogP contribution in [0.2, 0.25) is 0 Å². The van der Waals surface area contributed by atoms with Crippen molar-refractivity contribution in [3.8, 4) is 5.75 Å². The molecule has 0 radical (unpaired) electrons. The lowest BCUT2D eigenvalue weighted by Crippen LogP contribution is -2.21. The SMILES string of the molecule is COc1ccccc1C(=O)C[C@@H](O)C(C)=O. The van der Waals surface area contributed by atoms with E-state index in [1.807, 2.05) is 0 Å². The molecule has 0 aromatic heterocycles. The molecule has 0 fully saturated rings. The summed E-state index contributed by atoms with van der Waals surface area (Å²) in [6, 6.07) is 6.72. The molecule has 16 heavy (non-hydrogen) atoms. The second-order valence-corrected chi connectivity index (χ2v) is 3.45. The highest BCUT2D eigenvalue weighted by Gasteiger charge is 2.18. The quantitative estimate of drug-likeness (QED) is 0.761. The second kappa shape index (κ2) is 5.42. The number of benzene rings is 1. The van der Waals surface area contributed by atoms with E-state index in [1.54, 1.807) is 24.3 Å². The predicted octanol–water partition coefficient (Wildman–Crippen LogP) is 1.22. The van der Waals surface area contributed by atoms with E-state index in [0.29, 0.717) is 11.3 Å². The van der Waals surface area contributed by atoms with E-state index >= 15 is 0 Å². The van der Waals surface area contributed by atoms with E-state index < -0.39 is 11.9 Å². The van der Waals surface area contributed by atoms with Crippen molar-refractivity contribution >= 4 is 11.6 Å². The van der Waals surface area contributed by atoms with Gasteiger partial charge in [0.05, 0.1) is 12.7 Å². The largest absolute Gasteiger partial charge is 0.496 e. The van der Waals surface area contributed by atoms with Gasteiger partial charge in [0.1, 0.15) is 11.9 Å². The lowest BCUT2D eigenvalue weighted by atomic mass is 10.0. The zero-order chi connectivity index (χ0) is 12.1. The van der Waals surface area contributed by atoms with Gasteiger partial charge >= 0.3 is 0 Å². The molecule has 1 rings (SSSR count). The number of hydrogen-bond acceptors (Lipinski definition) is 4. The number of methoxy groups -OCH3 is 1. The van der Waals surface area contributed by atoms with E-state index in [0.717, 1.165) is 0 Å². The molecule has 0 aliphatic heterocycles. The number of aliphatic hydroxyl groups is 1. The number of para-hydroxylation sites is 1. The van der Waals surface area contributed by atoms with E-state index in [4.69, 9.17) is 4.74 Å². The molecule has 0 heterocycles. The van der Waals surface area contributed by atoms with Crippen molar-refractivity contribution < 1.29 is 19.4 Å². The maximum atomic E-state index is 11.7. The third-order valence-corrected chi connectivity index (χ3v) is 2.26. The van der Waals surface area contributed by atoms with Gasteiger partial charge in [-0.05, 0) is 19.1 Å². The van der Waals surface area contributed by atoms with Crippen LogP contribution < -0.4 is 4.74 Å².